The molecular formula is C22H34FNS. The standard InChI is InChI=1S/C22H34FNS/c1-15(2)10-20-14-24-8-7-19-11-16(3)17(4)12-21(19)22(24)13-18(20)6-5-9-25-23/h11-12,15,18,20,22H,5-10,13-14H2,1-4H3/t18-,20+,22+/m0/s1. The van der Waals surface area contributed by atoms with Crippen LogP contribution in [-0.2, 0) is 6.42 Å². The molecule has 0 aliphatic carbocycles. The number of rotatable bonds is 6. The molecule has 1 aromatic carbocycles. The smallest absolute Gasteiger partial charge is 0.0443 e. The summed E-state index contributed by atoms with van der Waals surface area (Å²) in [6.07, 6.45) is 6.00. The van der Waals surface area contributed by atoms with E-state index in [1.165, 1.54) is 49.9 Å². The van der Waals surface area contributed by atoms with E-state index in [4.69, 9.17) is 0 Å². The summed E-state index contributed by atoms with van der Waals surface area (Å²) in [5.41, 5.74) is 6.01. The van der Waals surface area contributed by atoms with Gasteiger partial charge in [-0.15, -0.1) is 0 Å². The topological polar surface area (TPSA) is 3.24 Å². The Hall–Kier alpha value is -0.540. The number of halogens is 1. The molecule has 3 atom stereocenters. The molecule has 2 aliphatic heterocycles. The highest BCUT2D eigenvalue weighted by atomic mass is 32.2. The molecule has 0 saturated carbocycles. The fourth-order valence-electron chi connectivity index (χ4n) is 5.09. The number of hydrogen-bond acceptors (Lipinski definition) is 2. The highest BCUT2D eigenvalue weighted by Gasteiger charge is 2.38. The third-order valence-electron chi connectivity index (χ3n) is 6.46. The fraction of sp³-hybridized carbons (Fsp3) is 0.727. The zero-order valence-electron chi connectivity index (χ0n) is 16.4. The van der Waals surface area contributed by atoms with Gasteiger partial charge in [-0.1, -0.05) is 26.0 Å². The molecule has 1 aromatic rings. The van der Waals surface area contributed by atoms with E-state index in [1.54, 1.807) is 11.1 Å². The summed E-state index contributed by atoms with van der Waals surface area (Å²) in [4.78, 5) is 2.75. The second-order valence-electron chi connectivity index (χ2n) is 8.74. The third-order valence-corrected chi connectivity index (χ3v) is 6.90. The number of nitrogens with zero attached hydrogens (tertiary/aromatic N) is 1. The molecule has 0 spiro atoms. The summed E-state index contributed by atoms with van der Waals surface area (Å²) in [5.74, 6) is 2.95. The van der Waals surface area contributed by atoms with E-state index < -0.39 is 0 Å². The van der Waals surface area contributed by atoms with Crippen molar-refractivity contribution in [3.05, 3.63) is 34.4 Å². The molecule has 0 unspecified atom stereocenters. The molecule has 0 N–H and O–H groups in total. The van der Waals surface area contributed by atoms with Crippen LogP contribution in [0.3, 0.4) is 0 Å². The van der Waals surface area contributed by atoms with Crippen LogP contribution in [0.1, 0.15) is 67.8 Å². The normalized spacial score (nSPS) is 26.6. The molecule has 0 aromatic heterocycles. The van der Waals surface area contributed by atoms with Gasteiger partial charge in [-0.25, -0.2) is 0 Å². The van der Waals surface area contributed by atoms with Gasteiger partial charge in [0, 0.05) is 37.0 Å². The molecule has 3 heteroatoms. The Labute approximate surface area is 158 Å². The van der Waals surface area contributed by atoms with Crippen LogP contribution in [0.25, 0.3) is 0 Å². The van der Waals surface area contributed by atoms with Crippen LogP contribution in [-0.4, -0.2) is 23.7 Å². The average Bonchev–Trinajstić information content (AvgIpc) is 2.56. The number of piperidine rings is 1. The zero-order chi connectivity index (χ0) is 18.0. The summed E-state index contributed by atoms with van der Waals surface area (Å²) < 4.78 is 12.5. The first kappa shape index (κ1) is 19.2. The van der Waals surface area contributed by atoms with Crippen LogP contribution >= 0.6 is 12.1 Å². The molecule has 25 heavy (non-hydrogen) atoms. The molecule has 0 radical (unpaired) electrons. The Morgan fingerprint density at radius 3 is 2.68 bits per heavy atom. The Balaban J connectivity index is 1.81. The third kappa shape index (κ3) is 4.42. The first-order valence-corrected chi connectivity index (χ1v) is 11.0. The second-order valence-corrected chi connectivity index (χ2v) is 9.36. The minimum absolute atomic E-state index is 0.510. The maximum Gasteiger partial charge on any atom is 0.0443 e. The van der Waals surface area contributed by atoms with Crippen molar-refractivity contribution in [3.8, 4) is 0 Å². The van der Waals surface area contributed by atoms with Gasteiger partial charge in [-0.05, 0) is 86.0 Å². The summed E-state index contributed by atoms with van der Waals surface area (Å²) in [6.45, 7) is 11.6. The van der Waals surface area contributed by atoms with Crippen molar-refractivity contribution in [1.29, 1.82) is 0 Å². The monoisotopic (exact) mass is 363 g/mol. The van der Waals surface area contributed by atoms with Crippen LogP contribution in [0.2, 0.25) is 0 Å². The van der Waals surface area contributed by atoms with E-state index in [0.717, 1.165) is 24.2 Å². The van der Waals surface area contributed by atoms with Crippen molar-refractivity contribution >= 4 is 12.1 Å². The van der Waals surface area contributed by atoms with Crippen molar-refractivity contribution in [3.63, 3.8) is 0 Å². The molecule has 2 heterocycles. The first-order chi connectivity index (χ1) is 12.0. The van der Waals surface area contributed by atoms with Crippen LogP contribution in [0.15, 0.2) is 12.1 Å². The Morgan fingerprint density at radius 1 is 1.20 bits per heavy atom. The van der Waals surface area contributed by atoms with E-state index in [1.807, 2.05) is 0 Å². The van der Waals surface area contributed by atoms with Gasteiger partial charge in [0.15, 0.2) is 0 Å². The van der Waals surface area contributed by atoms with Gasteiger partial charge in [0.05, 0.1) is 0 Å². The van der Waals surface area contributed by atoms with Gasteiger partial charge in [-0.2, -0.15) is 3.89 Å². The lowest BCUT2D eigenvalue weighted by Crippen LogP contribution is -2.46. The highest BCUT2D eigenvalue weighted by molar-refractivity contribution is 7.94. The van der Waals surface area contributed by atoms with E-state index in [-0.39, 0.29) is 0 Å². The van der Waals surface area contributed by atoms with E-state index in [0.29, 0.717) is 23.9 Å². The van der Waals surface area contributed by atoms with Crippen LogP contribution in [0.5, 0.6) is 0 Å². The number of fused-ring (bicyclic) bond motifs is 3. The van der Waals surface area contributed by atoms with Crippen molar-refractivity contribution in [2.45, 2.75) is 65.8 Å². The lowest BCUT2D eigenvalue weighted by atomic mass is 9.72. The predicted molar refractivity (Wildman–Crippen MR) is 108 cm³/mol. The van der Waals surface area contributed by atoms with Gasteiger partial charge < -0.3 is 0 Å². The zero-order valence-corrected chi connectivity index (χ0v) is 17.2. The van der Waals surface area contributed by atoms with Crippen LogP contribution in [0, 0.1) is 31.6 Å². The lowest BCUT2D eigenvalue weighted by Gasteiger charge is -2.48. The maximum atomic E-state index is 12.5. The minimum atomic E-state index is 0.510. The Bertz CT molecular complexity index is 586. The van der Waals surface area contributed by atoms with Gasteiger partial charge in [0.1, 0.15) is 0 Å². The van der Waals surface area contributed by atoms with E-state index in [9.17, 15) is 3.89 Å². The van der Waals surface area contributed by atoms with Gasteiger partial charge in [-0.3, -0.25) is 4.90 Å². The quantitative estimate of drug-likeness (QED) is 0.547. The SMILES string of the molecule is Cc1cc2c(cc1C)[C@H]1C[C@H](CCCSF)[C@H](CC(C)C)CN1CC2. The average molecular weight is 364 g/mol. The Morgan fingerprint density at radius 2 is 1.96 bits per heavy atom. The molecule has 3 rings (SSSR count). The molecule has 1 nitrogen and oxygen atoms in total. The van der Waals surface area contributed by atoms with E-state index >= 15 is 0 Å². The van der Waals surface area contributed by atoms with Gasteiger partial charge in [0.2, 0.25) is 0 Å². The molecular weight excluding hydrogens is 329 g/mol. The maximum absolute atomic E-state index is 12.5. The van der Waals surface area contributed by atoms with Crippen molar-refractivity contribution in [1.82, 2.24) is 4.90 Å². The molecule has 1 fully saturated rings. The van der Waals surface area contributed by atoms with E-state index in [2.05, 4.69) is 44.7 Å². The van der Waals surface area contributed by atoms with Crippen molar-refractivity contribution in [2.75, 3.05) is 18.8 Å². The fourth-order valence-corrected chi connectivity index (χ4v) is 5.37. The summed E-state index contributed by atoms with van der Waals surface area (Å²) in [6, 6.07) is 5.48. The largest absolute Gasteiger partial charge is 0.296 e. The lowest BCUT2D eigenvalue weighted by molar-refractivity contribution is 0.0408. The number of aryl methyl sites for hydroxylation is 2. The summed E-state index contributed by atoms with van der Waals surface area (Å²) >= 11 is 0.510. The van der Waals surface area contributed by atoms with Crippen molar-refractivity contribution < 1.29 is 3.89 Å². The predicted octanol–water partition coefficient (Wildman–Crippen LogP) is 6.28. The first-order valence-electron chi connectivity index (χ1n) is 10.1. The summed E-state index contributed by atoms with van der Waals surface area (Å²) in [7, 11) is 0. The van der Waals surface area contributed by atoms with Gasteiger partial charge >= 0.3 is 0 Å². The van der Waals surface area contributed by atoms with Gasteiger partial charge in [0.25, 0.3) is 0 Å². The second kappa shape index (κ2) is 8.43. The summed E-state index contributed by atoms with van der Waals surface area (Å²) in [5, 5.41) is 0. The molecule has 1 saturated heterocycles. The molecule has 0 bridgehead atoms. The molecule has 2 aliphatic rings. The van der Waals surface area contributed by atoms with Crippen LogP contribution in [0.4, 0.5) is 3.89 Å². The Kier molecular flexibility index (Phi) is 6.49. The highest BCUT2D eigenvalue weighted by Crippen LogP contribution is 2.44. The molecule has 140 valence electrons. The minimum Gasteiger partial charge on any atom is -0.296 e. The molecule has 0 amide bonds. The van der Waals surface area contributed by atoms with Crippen LogP contribution < -0.4 is 0 Å². The number of hydrogen-bond donors (Lipinski definition) is 0. The van der Waals surface area contributed by atoms with Crippen molar-refractivity contribution in [2.24, 2.45) is 17.8 Å². The number of benzene rings is 1.